The summed E-state index contributed by atoms with van der Waals surface area (Å²) in [6, 6.07) is 6.22. The number of benzene rings is 1. The molecule has 2 amide bonds. The van der Waals surface area contributed by atoms with E-state index in [2.05, 4.69) is 11.0 Å². The molecule has 8 nitrogen and oxygen atoms in total. The lowest BCUT2D eigenvalue weighted by atomic mass is 9.79. The van der Waals surface area contributed by atoms with Gasteiger partial charge in [0.15, 0.2) is 11.5 Å². The second kappa shape index (κ2) is 7.47. The lowest BCUT2D eigenvalue weighted by Gasteiger charge is -2.43. The topological polar surface area (TPSA) is 86.1 Å². The van der Waals surface area contributed by atoms with Crippen LogP contribution in [-0.2, 0) is 9.59 Å². The van der Waals surface area contributed by atoms with Gasteiger partial charge in [-0.1, -0.05) is 6.07 Å². The molecule has 0 bridgehead atoms. The van der Waals surface area contributed by atoms with Gasteiger partial charge in [-0.15, -0.1) is 0 Å². The zero-order valence-corrected chi connectivity index (χ0v) is 17.9. The first-order valence-corrected chi connectivity index (χ1v) is 10.3. The minimum Gasteiger partial charge on any atom is -0.454 e. The van der Waals surface area contributed by atoms with Crippen LogP contribution in [0.1, 0.15) is 38.3 Å². The number of nitriles is 1. The first-order valence-electron chi connectivity index (χ1n) is 10.3. The number of amides is 2. The molecule has 0 radical (unpaired) electrons. The molecule has 2 fully saturated rings. The lowest BCUT2D eigenvalue weighted by Crippen LogP contribution is -2.62. The van der Waals surface area contributed by atoms with Crippen LogP contribution in [0.3, 0.4) is 0 Å². The standard InChI is InChI=1S/C22H28N4O4/c1-14-20(27)26-16(21(28)25(14)9-5-8-24(3)4)11-22(2,12-23)19(26)15-6-7-17-18(10-15)30-13-29-17/h6-7,10,14,16,19H,5,8-9,11,13H2,1-4H3/t14-,16+,19?,22-/m1/s1. The SMILES string of the molecule is C[C@@H]1C(=O)N2C(c3ccc4c(c3)OCO4)[C@@](C)(C#N)C[C@H]2C(=O)N1CCCN(C)C. The number of fused-ring (bicyclic) bond motifs is 2. The number of piperazine rings is 1. The third kappa shape index (κ3) is 3.18. The molecular weight excluding hydrogens is 384 g/mol. The van der Waals surface area contributed by atoms with Crippen molar-refractivity contribution in [3.05, 3.63) is 23.8 Å². The summed E-state index contributed by atoms with van der Waals surface area (Å²) < 4.78 is 10.9. The van der Waals surface area contributed by atoms with Crippen molar-refractivity contribution in [3.8, 4) is 17.6 Å². The first-order chi connectivity index (χ1) is 14.3. The van der Waals surface area contributed by atoms with Gasteiger partial charge in [0.2, 0.25) is 18.6 Å². The summed E-state index contributed by atoms with van der Waals surface area (Å²) in [6.45, 7) is 5.15. The van der Waals surface area contributed by atoms with Crippen molar-refractivity contribution in [1.29, 1.82) is 5.26 Å². The Morgan fingerprint density at radius 2 is 1.97 bits per heavy atom. The van der Waals surface area contributed by atoms with Crippen molar-refractivity contribution in [1.82, 2.24) is 14.7 Å². The van der Waals surface area contributed by atoms with Crippen molar-refractivity contribution in [2.45, 2.75) is 44.8 Å². The highest BCUT2D eigenvalue weighted by Crippen LogP contribution is 2.52. The van der Waals surface area contributed by atoms with Crippen LogP contribution in [-0.4, -0.2) is 72.6 Å². The van der Waals surface area contributed by atoms with E-state index in [0.717, 1.165) is 18.5 Å². The quantitative estimate of drug-likeness (QED) is 0.733. The van der Waals surface area contributed by atoms with Crippen LogP contribution >= 0.6 is 0 Å². The fraction of sp³-hybridized carbons (Fsp3) is 0.591. The smallest absolute Gasteiger partial charge is 0.246 e. The fourth-order valence-electron chi connectivity index (χ4n) is 4.90. The van der Waals surface area contributed by atoms with Crippen molar-refractivity contribution >= 4 is 11.8 Å². The third-order valence-electron chi connectivity index (χ3n) is 6.45. The molecule has 0 aromatic heterocycles. The number of carbonyl (C=O) groups excluding carboxylic acids is 2. The largest absolute Gasteiger partial charge is 0.454 e. The van der Waals surface area contributed by atoms with E-state index in [-0.39, 0.29) is 18.6 Å². The van der Waals surface area contributed by atoms with Crippen LogP contribution in [0.25, 0.3) is 0 Å². The fourth-order valence-corrected chi connectivity index (χ4v) is 4.90. The van der Waals surface area contributed by atoms with E-state index in [1.807, 2.05) is 33.2 Å². The van der Waals surface area contributed by atoms with Crippen LogP contribution in [0.4, 0.5) is 0 Å². The van der Waals surface area contributed by atoms with E-state index in [1.165, 1.54) is 0 Å². The second-order valence-electron chi connectivity index (χ2n) is 8.87. The molecule has 3 aliphatic heterocycles. The van der Waals surface area contributed by atoms with Gasteiger partial charge < -0.3 is 24.2 Å². The highest BCUT2D eigenvalue weighted by Gasteiger charge is 2.59. The van der Waals surface area contributed by atoms with E-state index in [4.69, 9.17) is 9.47 Å². The molecule has 8 heteroatoms. The van der Waals surface area contributed by atoms with E-state index in [9.17, 15) is 14.9 Å². The molecule has 0 N–H and O–H groups in total. The van der Waals surface area contributed by atoms with Gasteiger partial charge in [0.25, 0.3) is 0 Å². The van der Waals surface area contributed by atoms with E-state index >= 15 is 0 Å². The maximum absolute atomic E-state index is 13.4. The minimum absolute atomic E-state index is 0.0643. The third-order valence-corrected chi connectivity index (χ3v) is 6.45. The van der Waals surface area contributed by atoms with Gasteiger partial charge in [0.1, 0.15) is 12.1 Å². The van der Waals surface area contributed by atoms with Gasteiger partial charge in [-0.2, -0.15) is 5.26 Å². The Bertz CT molecular complexity index is 911. The van der Waals surface area contributed by atoms with Crippen molar-refractivity contribution in [2.75, 3.05) is 34.0 Å². The first kappa shape index (κ1) is 20.5. The van der Waals surface area contributed by atoms with Crippen LogP contribution in [0.15, 0.2) is 18.2 Å². The van der Waals surface area contributed by atoms with Gasteiger partial charge in [0.05, 0.1) is 17.5 Å². The zero-order chi connectivity index (χ0) is 21.6. The number of hydrogen-bond donors (Lipinski definition) is 0. The summed E-state index contributed by atoms with van der Waals surface area (Å²) in [5, 5.41) is 10.0. The Balaban J connectivity index is 1.67. The van der Waals surface area contributed by atoms with E-state index in [1.54, 1.807) is 22.8 Å². The zero-order valence-electron chi connectivity index (χ0n) is 17.9. The summed E-state index contributed by atoms with van der Waals surface area (Å²) >= 11 is 0. The van der Waals surface area contributed by atoms with Crippen molar-refractivity contribution < 1.29 is 19.1 Å². The number of ether oxygens (including phenoxy) is 2. The highest BCUT2D eigenvalue weighted by atomic mass is 16.7. The molecule has 2 saturated heterocycles. The maximum Gasteiger partial charge on any atom is 0.246 e. The molecule has 0 saturated carbocycles. The molecule has 30 heavy (non-hydrogen) atoms. The van der Waals surface area contributed by atoms with Gasteiger partial charge in [-0.25, -0.2) is 0 Å². The Kier molecular flexibility index (Phi) is 5.10. The Labute approximate surface area is 176 Å². The van der Waals surface area contributed by atoms with Gasteiger partial charge in [-0.3, -0.25) is 9.59 Å². The van der Waals surface area contributed by atoms with Crippen molar-refractivity contribution in [2.24, 2.45) is 5.41 Å². The van der Waals surface area contributed by atoms with Crippen LogP contribution in [0.2, 0.25) is 0 Å². The molecule has 3 heterocycles. The van der Waals surface area contributed by atoms with Crippen LogP contribution in [0, 0.1) is 16.7 Å². The minimum atomic E-state index is -0.872. The number of carbonyl (C=O) groups is 2. The predicted molar refractivity (Wildman–Crippen MR) is 109 cm³/mol. The Morgan fingerprint density at radius 1 is 1.23 bits per heavy atom. The van der Waals surface area contributed by atoms with Gasteiger partial charge in [-0.05, 0) is 65.0 Å². The summed E-state index contributed by atoms with van der Waals surface area (Å²) in [5.41, 5.74) is -0.0801. The highest BCUT2D eigenvalue weighted by molar-refractivity contribution is 5.98. The summed E-state index contributed by atoms with van der Waals surface area (Å²) in [4.78, 5) is 32.2. The molecule has 160 valence electrons. The summed E-state index contributed by atoms with van der Waals surface area (Å²) in [7, 11) is 3.97. The molecule has 1 unspecified atom stereocenters. The Hall–Kier alpha value is -2.79. The Morgan fingerprint density at radius 3 is 2.67 bits per heavy atom. The monoisotopic (exact) mass is 412 g/mol. The molecule has 0 spiro atoms. The molecule has 1 aromatic carbocycles. The molecular formula is C22H28N4O4. The number of hydrogen-bond acceptors (Lipinski definition) is 6. The van der Waals surface area contributed by atoms with Gasteiger partial charge >= 0.3 is 0 Å². The van der Waals surface area contributed by atoms with E-state index < -0.39 is 23.5 Å². The molecule has 1 aromatic rings. The molecule has 4 atom stereocenters. The van der Waals surface area contributed by atoms with E-state index in [0.29, 0.717) is 24.5 Å². The summed E-state index contributed by atoms with van der Waals surface area (Å²) in [5.74, 6) is 1.08. The molecule has 0 aliphatic carbocycles. The predicted octanol–water partition coefficient (Wildman–Crippen LogP) is 1.77. The normalized spacial score (nSPS) is 30.1. The van der Waals surface area contributed by atoms with Crippen molar-refractivity contribution in [3.63, 3.8) is 0 Å². The molecule has 4 rings (SSSR count). The average molecular weight is 412 g/mol. The average Bonchev–Trinajstić information content (AvgIpc) is 3.30. The molecule has 3 aliphatic rings. The number of rotatable bonds is 5. The lowest BCUT2D eigenvalue weighted by molar-refractivity contribution is -0.160. The maximum atomic E-state index is 13.4. The van der Waals surface area contributed by atoms with Crippen LogP contribution in [0.5, 0.6) is 11.5 Å². The van der Waals surface area contributed by atoms with Crippen LogP contribution < -0.4 is 9.47 Å². The second-order valence-corrected chi connectivity index (χ2v) is 8.87. The van der Waals surface area contributed by atoms with Gasteiger partial charge in [0, 0.05) is 6.54 Å². The number of nitrogens with zero attached hydrogens (tertiary/aromatic N) is 4. The summed E-state index contributed by atoms with van der Waals surface area (Å²) in [6.07, 6.45) is 1.12.